The van der Waals surface area contributed by atoms with Crippen LogP contribution in [0, 0.1) is 0 Å². The first kappa shape index (κ1) is 13.6. The molecule has 1 fully saturated rings. The minimum Gasteiger partial charge on any atom is -0.465 e. The molecule has 0 spiro atoms. The molecule has 100 valence electrons. The lowest BCUT2D eigenvalue weighted by molar-refractivity contribution is 0.181. The number of nitrogens with one attached hydrogen (secondary N) is 1. The lowest BCUT2D eigenvalue weighted by Gasteiger charge is -2.28. The summed E-state index contributed by atoms with van der Waals surface area (Å²) >= 11 is 7.61. The molecule has 1 aliphatic carbocycles. The smallest absolute Gasteiger partial charge is 0.404 e. The van der Waals surface area contributed by atoms with E-state index in [1.165, 1.54) is 17.7 Å². The van der Waals surface area contributed by atoms with Gasteiger partial charge in [-0.1, -0.05) is 11.6 Å². The van der Waals surface area contributed by atoms with Crippen LogP contribution in [0.25, 0.3) is 0 Å². The maximum absolute atomic E-state index is 10.5. The summed E-state index contributed by atoms with van der Waals surface area (Å²) in [7, 11) is 0. The van der Waals surface area contributed by atoms with Crippen molar-refractivity contribution >= 4 is 29.0 Å². The summed E-state index contributed by atoms with van der Waals surface area (Å²) < 4.78 is 0. The SMILES string of the molecule is CC(c1cc(Cl)cs1)N(CCNC(=O)O)C1CC1. The summed E-state index contributed by atoms with van der Waals surface area (Å²) in [6, 6.07) is 2.89. The molecule has 2 rings (SSSR count). The third kappa shape index (κ3) is 3.60. The van der Waals surface area contributed by atoms with Crippen molar-refractivity contribution in [1.29, 1.82) is 0 Å². The minimum absolute atomic E-state index is 0.297. The molecule has 4 nitrogen and oxygen atoms in total. The zero-order chi connectivity index (χ0) is 13.1. The molecule has 0 saturated heterocycles. The average molecular weight is 289 g/mol. The van der Waals surface area contributed by atoms with Crippen molar-refractivity contribution in [2.45, 2.75) is 31.8 Å². The zero-order valence-electron chi connectivity index (χ0n) is 10.2. The van der Waals surface area contributed by atoms with Gasteiger partial charge in [0.25, 0.3) is 0 Å². The fraction of sp³-hybridized carbons (Fsp3) is 0.583. The van der Waals surface area contributed by atoms with Crippen LogP contribution in [0.15, 0.2) is 11.4 Å². The van der Waals surface area contributed by atoms with Crippen LogP contribution in [0.4, 0.5) is 4.79 Å². The lowest BCUT2D eigenvalue weighted by Crippen LogP contribution is -2.37. The van der Waals surface area contributed by atoms with Crippen molar-refractivity contribution in [2.75, 3.05) is 13.1 Å². The van der Waals surface area contributed by atoms with Gasteiger partial charge in [-0.15, -0.1) is 11.3 Å². The van der Waals surface area contributed by atoms with E-state index < -0.39 is 6.09 Å². The fourth-order valence-corrected chi connectivity index (χ4v) is 3.26. The van der Waals surface area contributed by atoms with Gasteiger partial charge in [0.05, 0.1) is 5.02 Å². The van der Waals surface area contributed by atoms with Crippen molar-refractivity contribution < 1.29 is 9.90 Å². The Morgan fingerprint density at radius 1 is 1.72 bits per heavy atom. The highest BCUT2D eigenvalue weighted by Gasteiger charge is 2.32. The van der Waals surface area contributed by atoms with Crippen molar-refractivity contribution in [3.8, 4) is 0 Å². The molecular weight excluding hydrogens is 272 g/mol. The quantitative estimate of drug-likeness (QED) is 0.845. The Kier molecular flexibility index (Phi) is 4.48. The second-order valence-corrected chi connectivity index (χ2v) is 5.92. The van der Waals surface area contributed by atoms with Crippen LogP contribution in [0.5, 0.6) is 0 Å². The second kappa shape index (κ2) is 5.91. The van der Waals surface area contributed by atoms with Crippen molar-refractivity contribution in [3.63, 3.8) is 0 Å². The first-order valence-corrected chi connectivity index (χ1v) is 7.30. The van der Waals surface area contributed by atoms with E-state index in [9.17, 15) is 4.79 Å². The first-order valence-electron chi connectivity index (χ1n) is 6.04. The van der Waals surface area contributed by atoms with Crippen molar-refractivity contribution in [3.05, 3.63) is 21.3 Å². The van der Waals surface area contributed by atoms with Crippen molar-refractivity contribution in [1.82, 2.24) is 10.2 Å². The number of nitrogens with zero attached hydrogens (tertiary/aromatic N) is 1. The largest absolute Gasteiger partial charge is 0.465 e. The van der Waals surface area contributed by atoms with Gasteiger partial charge < -0.3 is 10.4 Å². The number of hydrogen-bond acceptors (Lipinski definition) is 3. The van der Waals surface area contributed by atoms with Crippen LogP contribution in [-0.2, 0) is 0 Å². The van der Waals surface area contributed by atoms with E-state index in [4.69, 9.17) is 16.7 Å². The predicted molar refractivity (Wildman–Crippen MR) is 73.5 cm³/mol. The molecule has 6 heteroatoms. The van der Waals surface area contributed by atoms with E-state index in [2.05, 4.69) is 17.1 Å². The van der Waals surface area contributed by atoms with E-state index in [1.54, 1.807) is 11.3 Å². The van der Waals surface area contributed by atoms with Crippen LogP contribution in [0.1, 0.15) is 30.7 Å². The molecule has 1 amide bonds. The van der Waals surface area contributed by atoms with Gasteiger partial charge >= 0.3 is 6.09 Å². The molecule has 1 atom stereocenters. The van der Waals surface area contributed by atoms with E-state index in [0.29, 0.717) is 18.6 Å². The van der Waals surface area contributed by atoms with Gasteiger partial charge in [0.15, 0.2) is 0 Å². The standard InChI is InChI=1S/C12H17ClN2O2S/c1-8(11-6-9(13)7-18-11)15(10-2-3-10)5-4-14-12(16)17/h6-8,10,14H,2-5H2,1H3,(H,16,17). The van der Waals surface area contributed by atoms with Gasteiger partial charge in [-0.05, 0) is 25.8 Å². The van der Waals surface area contributed by atoms with E-state index in [-0.39, 0.29) is 0 Å². The molecule has 0 aliphatic heterocycles. The normalized spacial score (nSPS) is 16.8. The number of carbonyl (C=O) groups is 1. The predicted octanol–water partition coefficient (Wildman–Crippen LogP) is 3.19. The number of amides is 1. The molecule has 1 saturated carbocycles. The Morgan fingerprint density at radius 3 is 2.94 bits per heavy atom. The van der Waals surface area contributed by atoms with E-state index >= 15 is 0 Å². The van der Waals surface area contributed by atoms with Gasteiger partial charge in [-0.2, -0.15) is 0 Å². The molecule has 0 bridgehead atoms. The molecule has 1 aliphatic rings. The lowest BCUT2D eigenvalue weighted by atomic mass is 10.2. The maximum Gasteiger partial charge on any atom is 0.404 e. The third-order valence-electron chi connectivity index (χ3n) is 3.16. The van der Waals surface area contributed by atoms with E-state index in [1.807, 2.05) is 11.4 Å². The molecule has 1 heterocycles. The van der Waals surface area contributed by atoms with Crippen LogP contribution >= 0.6 is 22.9 Å². The Labute approximate surface area is 116 Å². The summed E-state index contributed by atoms with van der Waals surface area (Å²) in [5.74, 6) is 0. The van der Waals surface area contributed by atoms with Gasteiger partial charge in [-0.25, -0.2) is 4.79 Å². The first-order chi connectivity index (χ1) is 8.58. The number of halogens is 1. The van der Waals surface area contributed by atoms with Gasteiger partial charge in [-0.3, -0.25) is 4.90 Å². The monoisotopic (exact) mass is 288 g/mol. The molecule has 2 N–H and O–H groups in total. The van der Waals surface area contributed by atoms with E-state index in [0.717, 1.165) is 11.6 Å². The Morgan fingerprint density at radius 2 is 2.44 bits per heavy atom. The van der Waals surface area contributed by atoms with Crippen LogP contribution < -0.4 is 5.32 Å². The molecular formula is C12H17ClN2O2S. The summed E-state index contributed by atoms with van der Waals surface area (Å²) in [5, 5.41) is 13.7. The van der Waals surface area contributed by atoms with Gasteiger partial charge in [0.2, 0.25) is 0 Å². The Hall–Kier alpha value is -0.780. The van der Waals surface area contributed by atoms with Crippen LogP contribution in [-0.4, -0.2) is 35.2 Å². The molecule has 0 radical (unpaired) electrons. The van der Waals surface area contributed by atoms with Crippen LogP contribution in [0.2, 0.25) is 5.02 Å². The summed E-state index contributed by atoms with van der Waals surface area (Å²) in [6.45, 7) is 3.37. The van der Waals surface area contributed by atoms with Crippen molar-refractivity contribution in [2.24, 2.45) is 0 Å². The number of hydrogen-bond donors (Lipinski definition) is 2. The topological polar surface area (TPSA) is 52.6 Å². The highest BCUT2D eigenvalue weighted by molar-refractivity contribution is 7.10. The summed E-state index contributed by atoms with van der Waals surface area (Å²) in [4.78, 5) is 14.1. The summed E-state index contributed by atoms with van der Waals surface area (Å²) in [5.41, 5.74) is 0. The van der Waals surface area contributed by atoms with Gasteiger partial charge in [0.1, 0.15) is 0 Å². The second-order valence-electron chi connectivity index (χ2n) is 4.54. The minimum atomic E-state index is -0.961. The third-order valence-corrected chi connectivity index (χ3v) is 4.61. The molecule has 1 unspecified atom stereocenters. The maximum atomic E-state index is 10.5. The number of rotatable bonds is 6. The average Bonchev–Trinajstić information content (AvgIpc) is 3.05. The van der Waals surface area contributed by atoms with Crippen LogP contribution in [0.3, 0.4) is 0 Å². The molecule has 1 aromatic heterocycles. The number of thiophene rings is 1. The highest BCUT2D eigenvalue weighted by atomic mass is 35.5. The molecule has 18 heavy (non-hydrogen) atoms. The highest BCUT2D eigenvalue weighted by Crippen LogP contribution is 2.36. The molecule has 1 aromatic rings. The number of carboxylic acid groups (broad SMARTS) is 1. The van der Waals surface area contributed by atoms with Gasteiger partial charge in [0, 0.05) is 35.4 Å². The Balaban J connectivity index is 1.94. The fourth-order valence-electron chi connectivity index (χ4n) is 2.10. The molecule has 0 aromatic carbocycles. The Bertz CT molecular complexity index is 420. The zero-order valence-corrected chi connectivity index (χ0v) is 11.8. The summed E-state index contributed by atoms with van der Waals surface area (Å²) in [6.07, 6.45) is 1.45.